The predicted octanol–water partition coefficient (Wildman–Crippen LogP) is 1.86. The van der Waals surface area contributed by atoms with Gasteiger partial charge in [-0.2, -0.15) is 0 Å². The van der Waals surface area contributed by atoms with Gasteiger partial charge in [0.15, 0.2) is 0 Å². The lowest BCUT2D eigenvalue weighted by Crippen LogP contribution is -2.55. The molecule has 1 unspecified atom stereocenters. The first-order chi connectivity index (χ1) is 7.49. The zero-order chi connectivity index (χ0) is 12.6. The Labute approximate surface area is 96.0 Å². The summed E-state index contributed by atoms with van der Waals surface area (Å²) in [6.07, 6.45) is 0. The Hall–Kier alpha value is -1.26. The molecule has 6 heteroatoms. The third-order valence-electron chi connectivity index (χ3n) is 2.62. The van der Waals surface area contributed by atoms with Crippen molar-refractivity contribution >= 4 is 5.97 Å². The van der Waals surface area contributed by atoms with Gasteiger partial charge >= 0.3 is 5.97 Å². The van der Waals surface area contributed by atoms with Crippen LogP contribution < -0.4 is 5.32 Å². The molecule has 1 atom stereocenters. The fourth-order valence-electron chi connectivity index (χ4n) is 1.20. The smallest absolute Gasteiger partial charge is 0.326 e. The monoisotopic (exact) mass is 228 g/mol. The molecule has 0 saturated carbocycles. The molecule has 0 heterocycles. The minimum absolute atomic E-state index is 0.0950. The first-order valence-corrected chi connectivity index (χ1v) is 5.42. The van der Waals surface area contributed by atoms with E-state index in [0.29, 0.717) is 19.7 Å². The second-order valence-corrected chi connectivity index (χ2v) is 3.96. The number of esters is 1. The first-order valence-electron chi connectivity index (χ1n) is 5.42. The number of nitrogens with zero attached hydrogens (tertiary/aromatic N) is 3. The molecule has 0 aromatic carbocycles. The molecule has 0 spiro atoms. The van der Waals surface area contributed by atoms with Gasteiger partial charge in [0.1, 0.15) is 5.54 Å². The zero-order valence-electron chi connectivity index (χ0n) is 10.4. The van der Waals surface area contributed by atoms with Gasteiger partial charge in [0.05, 0.1) is 6.61 Å². The van der Waals surface area contributed by atoms with E-state index in [2.05, 4.69) is 15.3 Å². The van der Waals surface area contributed by atoms with Crippen LogP contribution in [0.2, 0.25) is 0 Å². The van der Waals surface area contributed by atoms with Crippen LogP contribution in [-0.2, 0) is 9.53 Å². The van der Waals surface area contributed by atoms with E-state index in [1.54, 1.807) is 13.8 Å². The highest BCUT2D eigenvalue weighted by Gasteiger charge is 2.37. The Kier molecular flexibility index (Phi) is 6.53. The minimum Gasteiger partial charge on any atom is -0.465 e. The maximum atomic E-state index is 11.8. The molecule has 1 N–H and O–H groups in total. The molecule has 0 amide bonds. The molecule has 0 aromatic rings. The predicted molar refractivity (Wildman–Crippen MR) is 61.9 cm³/mol. The number of carbonyl (C=O) groups is 1. The van der Waals surface area contributed by atoms with Crippen LogP contribution in [0.25, 0.3) is 10.4 Å². The van der Waals surface area contributed by atoms with Crippen molar-refractivity contribution in [2.75, 3.05) is 19.7 Å². The number of nitrogens with one attached hydrogen (secondary N) is 1. The van der Waals surface area contributed by atoms with Crippen LogP contribution in [0.1, 0.15) is 27.7 Å². The third-order valence-corrected chi connectivity index (χ3v) is 2.62. The largest absolute Gasteiger partial charge is 0.465 e. The zero-order valence-corrected chi connectivity index (χ0v) is 10.4. The van der Waals surface area contributed by atoms with Gasteiger partial charge in [-0.1, -0.05) is 19.0 Å². The highest BCUT2D eigenvalue weighted by Crippen LogP contribution is 2.18. The quantitative estimate of drug-likeness (QED) is 0.237. The summed E-state index contributed by atoms with van der Waals surface area (Å²) in [6.45, 7) is 8.59. The van der Waals surface area contributed by atoms with E-state index in [1.807, 2.05) is 13.8 Å². The van der Waals surface area contributed by atoms with E-state index < -0.39 is 5.54 Å². The number of hydrogen-bond donors (Lipinski definition) is 1. The van der Waals surface area contributed by atoms with E-state index in [0.717, 1.165) is 0 Å². The molecule has 0 saturated heterocycles. The number of carbonyl (C=O) groups excluding carboxylic acids is 1. The molecular formula is C10H20N4O2. The molecule has 0 aromatic heterocycles. The molecule has 16 heavy (non-hydrogen) atoms. The summed E-state index contributed by atoms with van der Waals surface area (Å²) >= 11 is 0. The fraction of sp³-hybridized carbons (Fsp3) is 0.900. The summed E-state index contributed by atoms with van der Waals surface area (Å²) in [7, 11) is 0. The van der Waals surface area contributed by atoms with Gasteiger partial charge in [-0.05, 0) is 25.3 Å². The lowest BCUT2D eigenvalue weighted by molar-refractivity contribution is -0.152. The third kappa shape index (κ3) is 4.08. The topological polar surface area (TPSA) is 87.1 Å². The Morgan fingerprint density at radius 1 is 1.62 bits per heavy atom. The Bertz CT molecular complexity index is 274. The van der Waals surface area contributed by atoms with E-state index in [4.69, 9.17) is 10.3 Å². The van der Waals surface area contributed by atoms with Crippen molar-refractivity contribution < 1.29 is 9.53 Å². The van der Waals surface area contributed by atoms with Gasteiger partial charge in [0.2, 0.25) is 0 Å². The molecule has 0 radical (unpaired) electrons. The van der Waals surface area contributed by atoms with Crippen molar-refractivity contribution in [2.45, 2.75) is 33.2 Å². The number of ether oxygens (including phenoxy) is 1. The van der Waals surface area contributed by atoms with Gasteiger partial charge in [-0.25, -0.2) is 0 Å². The molecule has 0 aliphatic carbocycles. The number of hydrogen-bond acceptors (Lipinski definition) is 4. The van der Waals surface area contributed by atoms with Crippen molar-refractivity contribution in [3.63, 3.8) is 0 Å². The van der Waals surface area contributed by atoms with E-state index in [-0.39, 0.29) is 11.9 Å². The summed E-state index contributed by atoms with van der Waals surface area (Å²) in [5.74, 6) is -0.177. The van der Waals surface area contributed by atoms with Crippen LogP contribution in [0.4, 0.5) is 0 Å². The lowest BCUT2D eigenvalue weighted by atomic mass is 9.88. The Balaban J connectivity index is 4.44. The van der Waals surface area contributed by atoms with E-state index in [9.17, 15) is 4.79 Å². The van der Waals surface area contributed by atoms with E-state index in [1.165, 1.54) is 0 Å². The van der Waals surface area contributed by atoms with Crippen molar-refractivity contribution in [1.82, 2.24) is 5.32 Å². The van der Waals surface area contributed by atoms with Crippen LogP contribution in [0, 0.1) is 5.92 Å². The average Bonchev–Trinajstić information content (AvgIpc) is 2.24. The van der Waals surface area contributed by atoms with Crippen LogP contribution in [0.5, 0.6) is 0 Å². The van der Waals surface area contributed by atoms with Gasteiger partial charge in [0.25, 0.3) is 0 Å². The van der Waals surface area contributed by atoms with Gasteiger partial charge in [0, 0.05) is 18.0 Å². The SMILES string of the molecule is CCOC(=O)C(C)(NCCN=[N+]=[N-])C(C)C. The second kappa shape index (κ2) is 7.09. The van der Waals surface area contributed by atoms with Crippen molar-refractivity contribution in [1.29, 1.82) is 0 Å². The average molecular weight is 228 g/mol. The summed E-state index contributed by atoms with van der Waals surface area (Å²) in [6, 6.07) is 0. The lowest BCUT2D eigenvalue weighted by Gasteiger charge is -2.32. The Morgan fingerprint density at radius 2 is 2.25 bits per heavy atom. The molecular weight excluding hydrogens is 208 g/mol. The van der Waals surface area contributed by atoms with Gasteiger partial charge in [-0.15, -0.1) is 0 Å². The molecule has 0 aliphatic heterocycles. The Morgan fingerprint density at radius 3 is 2.69 bits per heavy atom. The van der Waals surface area contributed by atoms with Gasteiger partial charge < -0.3 is 10.1 Å². The maximum absolute atomic E-state index is 11.8. The molecule has 0 rings (SSSR count). The van der Waals surface area contributed by atoms with Crippen LogP contribution in [-0.4, -0.2) is 31.2 Å². The number of rotatable bonds is 7. The summed E-state index contributed by atoms with van der Waals surface area (Å²) in [5.41, 5.74) is 7.40. The first kappa shape index (κ1) is 14.7. The molecule has 0 bridgehead atoms. The van der Waals surface area contributed by atoms with E-state index >= 15 is 0 Å². The minimum atomic E-state index is -0.735. The number of azide groups is 1. The molecule has 0 fully saturated rings. The standard InChI is InChI=1S/C10H20N4O2/c1-5-16-9(15)10(4,8(2)3)12-6-7-13-14-11/h8,12H,5-7H2,1-4H3. The summed E-state index contributed by atoms with van der Waals surface area (Å²) in [4.78, 5) is 14.4. The van der Waals surface area contributed by atoms with Crippen LogP contribution >= 0.6 is 0 Å². The fourth-order valence-corrected chi connectivity index (χ4v) is 1.20. The highest BCUT2D eigenvalue weighted by atomic mass is 16.5. The highest BCUT2D eigenvalue weighted by molar-refractivity contribution is 5.80. The second-order valence-electron chi connectivity index (χ2n) is 3.96. The molecule has 92 valence electrons. The van der Waals surface area contributed by atoms with Gasteiger partial charge in [-0.3, -0.25) is 4.79 Å². The van der Waals surface area contributed by atoms with Crippen LogP contribution in [0.3, 0.4) is 0 Å². The normalized spacial score (nSPS) is 14.1. The van der Waals surface area contributed by atoms with Crippen LogP contribution in [0.15, 0.2) is 5.11 Å². The van der Waals surface area contributed by atoms with Crippen molar-refractivity contribution in [3.8, 4) is 0 Å². The van der Waals surface area contributed by atoms with Crippen molar-refractivity contribution in [2.24, 2.45) is 11.0 Å². The molecule has 0 aliphatic rings. The summed E-state index contributed by atoms with van der Waals surface area (Å²) < 4.78 is 5.02. The summed E-state index contributed by atoms with van der Waals surface area (Å²) in [5, 5.41) is 6.48. The molecule has 6 nitrogen and oxygen atoms in total. The van der Waals surface area contributed by atoms with Crippen molar-refractivity contribution in [3.05, 3.63) is 10.4 Å². The maximum Gasteiger partial charge on any atom is 0.326 e.